The summed E-state index contributed by atoms with van der Waals surface area (Å²) in [5.74, 6) is 6.54. The van der Waals surface area contributed by atoms with Gasteiger partial charge in [-0.2, -0.15) is 0 Å². The van der Waals surface area contributed by atoms with Gasteiger partial charge in [-0.25, -0.2) is 9.36 Å². The Morgan fingerprint density at radius 2 is 0.690 bits per heavy atom. The molecule has 494 valence electrons. The number of halogens is 4. The zero-order chi connectivity index (χ0) is 55.5. The van der Waals surface area contributed by atoms with Gasteiger partial charge in [0.1, 0.15) is 11.4 Å². The Bertz CT molecular complexity index is 2850. The molecule has 3 aliphatic carbocycles. The first-order chi connectivity index (χ1) is 37.1. The number of aromatic nitrogens is 6. The fourth-order valence-electron chi connectivity index (χ4n) is 8.28. The summed E-state index contributed by atoms with van der Waals surface area (Å²) in [6.07, 6.45) is 10.1. The van der Waals surface area contributed by atoms with Crippen molar-refractivity contribution in [3.63, 3.8) is 0 Å². The molecule has 13 heteroatoms. The SMILES string of the molecule is C.C.C.C.C.C.C.C.C.C.C.C.C1#Cc2ccccc2CCc2ccccc21.CCC.CCC.CCC.CCN=[N+]=[N-].C[I-]I.Cn1nnc2c1-c1ccccc1CCc1ccccc1-2.Cn1nnc2c1-c1ccccc1CCc1ccccc1-2.[2H][I-]I. The van der Waals surface area contributed by atoms with E-state index in [9.17, 15) is 0 Å². The minimum absolute atomic E-state index is 0. The molecule has 87 heavy (non-hydrogen) atoms. The second-order valence-corrected chi connectivity index (χ2v) is 23.6. The van der Waals surface area contributed by atoms with Crippen LogP contribution in [-0.4, -0.2) is 42.1 Å². The van der Waals surface area contributed by atoms with Crippen molar-refractivity contribution in [2.75, 3.05) is 11.5 Å². The Morgan fingerprint density at radius 3 is 0.943 bits per heavy atom. The molecule has 0 aliphatic heterocycles. The number of benzene rings is 6. The van der Waals surface area contributed by atoms with Crippen LogP contribution in [0.2, 0.25) is 0 Å². The first-order valence-corrected chi connectivity index (χ1v) is 40.5. The summed E-state index contributed by atoms with van der Waals surface area (Å²) in [4.78, 5) is 4.70. The Hall–Kier alpha value is -4.61. The molecule has 0 spiro atoms. The van der Waals surface area contributed by atoms with Crippen LogP contribution < -0.4 is 35.6 Å². The van der Waals surface area contributed by atoms with Crippen LogP contribution in [0.3, 0.4) is 0 Å². The van der Waals surface area contributed by atoms with E-state index in [4.69, 9.17) is 6.12 Å². The number of fused-ring (bicyclic) bond motifs is 12. The van der Waals surface area contributed by atoms with Crippen LogP contribution in [0.4, 0.5) is 0 Å². The van der Waals surface area contributed by atoms with Crippen molar-refractivity contribution in [2.45, 2.75) is 195 Å². The normalized spacial score (nSPS) is 9.68. The van der Waals surface area contributed by atoms with Crippen molar-refractivity contribution < 1.29 is 35.6 Å². The van der Waals surface area contributed by atoms with Crippen molar-refractivity contribution in [3.05, 3.63) is 201 Å². The molecule has 3 aliphatic rings. The van der Waals surface area contributed by atoms with Gasteiger partial charge in [-0.05, 0) is 89.6 Å². The summed E-state index contributed by atoms with van der Waals surface area (Å²) in [7, 11) is 3.93. The molecular weight excluding hydrogens is 1520 g/mol. The van der Waals surface area contributed by atoms with E-state index in [0.717, 1.165) is 61.3 Å². The van der Waals surface area contributed by atoms with E-state index in [0.29, 0.717) is 23.8 Å². The number of alkyl halides is 1. The Labute approximate surface area is 581 Å². The monoisotopic (exact) mass is 1650 g/mol. The molecule has 0 bridgehead atoms. The maximum absolute atomic E-state index is 7.52. The molecule has 0 saturated heterocycles. The summed E-state index contributed by atoms with van der Waals surface area (Å²) >= 11 is 4.83. The van der Waals surface area contributed by atoms with Crippen LogP contribution in [-0.2, 0) is 52.6 Å². The summed E-state index contributed by atoms with van der Waals surface area (Å²) in [6, 6.07) is 51.1. The molecule has 9 nitrogen and oxygen atoms in total. The molecule has 0 radical (unpaired) electrons. The zero-order valence-electron chi connectivity index (χ0n) is 46.5. The molecule has 0 atom stereocenters. The average Bonchev–Trinajstić information content (AvgIpc) is 4.00. The van der Waals surface area contributed by atoms with Gasteiger partial charge in [0.25, 0.3) is 0 Å². The van der Waals surface area contributed by atoms with Gasteiger partial charge in [-0.3, -0.25) is 0 Å². The average molecular weight is 1650 g/mol. The third-order valence-electron chi connectivity index (χ3n) is 11.3. The molecule has 0 saturated carbocycles. The van der Waals surface area contributed by atoms with Gasteiger partial charge in [0.15, 0.2) is 0 Å². The molecule has 11 rings (SSSR count). The number of aryl methyl sites for hydroxylation is 8. The summed E-state index contributed by atoms with van der Waals surface area (Å²) < 4.78 is 10.1. The fraction of sp³-hybridized carbons (Fsp3) is 0.432. The van der Waals surface area contributed by atoms with Crippen molar-refractivity contribution in [1.82, 2.24) is 30.0 Å². The standard InChI is InChI=1S/2C17H15N3.C16H12.3C3H8.C2H5N3.CH3I2.12CH4.HI2/c2*1-20-17-15-9-5-3-7-13(15)11-10-12-6-2-4-8-14(12)16(17)18-19-20;1-2-6-14-11-12-16-8-4-3-7-15(16)10-9-13(14)5-1;3*1-3-2;1-2-4-5-3;1-3-2;;;;;;;;;;;;;1-2/h2*2-9H,10-11H2,1H3;1-8H,9-10H2;3*3H2,1-2H3;2H2,1H3;1H3;12*1H4;1H/q;;;;;;;-1;;;;;;;;;;;;;-1/i;;;;;;;;;;;;;;;;;;;;1D. The van der Waals surface area contributed by atoms with Gasteiger partial charge in [-0.1, -0.05) is 318 Å². The number of nitrogens with zero attached hydrogens (tertiary/aromatic N) is 9. The van der Waals surface area contributed by atoms with E-state index < -0.39 is 0 Å². The summed E-state index contributed by atoms with van der Waals surface area (Å²) in [5, 5.41) is 20.5. The molecule has 0 N–H and O–H groups in total. The maximum atomic E-state index is 7.52. The van der Waals surface area contributed by atoms with Gasteiger partial charge in [0, 0.05) is 58.9 Å². The van der Waals surface area contributed by atoms with Crippen LogP contribution in [0.1, 0.15) is 201 Å². The number of hydrogen-bond acceptors (Lipinski definition) is 5. The van der Waals surface area contributed by atoms with Gasteiger partial charge in [0.2, 0.25) is 0 Å². The third-order valence-corrected chi connectivity index (χ3v) is 11.3. The Kier molecular flexibility index (Phi) is 71.8. The van der Waals surface area contributed by atoms with E-state index in [1.165, 1.54) is 86.0 Å². The van der Waals surface area contributed by atoms with Gasteiger partial charge in [0.05, 0.1) is 11.4 Å². The number of rotatable bonds is 1. The second kappa shape index (κ2) is 61.6. The van der Waals surface area contributed by atoms with Crippen molar-refractivity contribution in [1.29, 1.82) is 0.594 Å². The fourth-order valence-corrected chi connectivity index (χ4v) is 8.28. The van der Waals surface area contributed by atoms with Gasteiger partial charge < -0.3 is 0 Å². The van der Waals surface area contributed by atoms with E-state index in [1.54, 1.807) is 6.92 Å². The zero-order valence-corrected chi connectivity index (χ0v) is 54.1. The minimum atomic E-state index is -0.190. The van der Waals surface area contributed by atoms with Crippen LogP contribution in [0.15, 0.2) is 151 Å². The molecule has 2 aromatic heterocycles. The van der Waals surface area contributed by atoms with Crippen LogP contribution in [0.25, 0.3) is 55.5 Å². The van der Waals surface area contributed by atoms with Crippen molar-refractivity contribution >= 4 is 37.2 Å². The molecular formula is C74H123I4N9-2. The van der Waals surface area contributed by atoms with Gasteiger partial charge >= 0.3 is 78.4 Å². The molecule has 6 aromatic carbocycles. The predicted molar refractivity (Wildman–Crippen MR) is 409 cm³/mol. The molecule has 0 amide bonds. The Morgan fingerprint density at radius 1 is 0.471 bits per heavy atom. The number of azide groups is 1. The Balaban J connectivity index is -0.000000107. The first-order valence-electron chi connectivity index (χ1n) is 26.1. The topological polar surface area (TPSA) is 110 Å². The quantitative estimate of drug-likeness (QED) is 0.0407. The van der Waals surface area contributed by atoms with E-state index in [1.807, 2.05) is 23.5 Å². The third kappa shape index (κ3) is 32.6. The van der Waals surface area contributed by atoms with Crippen molar-refractivity contribution in [2.24, 2.45) is 19.2 Å². The second-order valence-electron chi connectivity index (χ2n) is 17.3. The van der Waals surface area contributed by atoms with Crippen LogP contribution in [0, 0.1) is 11.8 Å². The molecule has 0 fully saturated rings. The summed E-state index contributed by atoms with van der Waals surface area (Å²) in [5.41, 5.74) is 27.2. The van der Waals surface area contributed by atoms with E-state index in [2.05, 4.69) is 272 Å². The van der Waals surface area contributed by atoms with E-state index >= 15 is 0 Å². The molecule has 0 unspecified atom stereocenters. The van der Waals surface area contributed by atoms with E-state index in [-0.39, 0.29) is 108 Å². The number of hydrogen-bond donors (Lipinski definition) is 0. The molecule has 8 aromatic rings. The molecule has 2 heterocycles. The summed E-state index contributed by atoms with van der Waals surface area (Å²) in [6.45, 7) is 15.1. The van der Waals surface area contributed by atoms with Crippen molar-refractivity contribution in [3.8, 4) is 56.9 Å². The first kappa shape index (κ1) is 101. The predicted octanol–water partition coefficient (Wildman–Crippen LogP) is 18.6. The van der Waals surface area contributed by atoms with Crippen LogP contribution in [0.5, 0.6) is 0 Å². The van der Waals surface area contributed by atoms with Gasteiger partial charge in [-0.15, -0.1) is 10.2 Å². The van der Waals surface area contributed by atoms with Crippen LogP contribution >= 0.6 is 37.2 Å².